The Morgan fingerprint density at radius 1 is 1.34 bits per heavy atom. The van der Waals surface area contributed by atoms with E-state index in [2.05, 4.69) is 10.3 Å². The number of benzene rings is 1. The van der Waals surface area contributed by atoms with Gasteiger partial charge in [-0.05, 0) is 42.0 Å². The molecule has 7 nitrogen and oxygen atoms in total. The van der Waals surface area contributed by atoms with E-state index in [1.54, 1.807) is 40.5 Å². The molecule has 1 fully saturated rings. The van der Waals surface area contributed by atoms with Gasteiger partial charge in [-0.3, -0.25) is 4.79 Å². The van der Waals surface area contributed by atoms with Gasteiger partial charge < -0.3 is 9.88 Å². The van der Waals surface area contributed by atoms with E-state index in [-0.39, 0.29) is 16.7 Å². The first-order chi connectivity index (χ1) is 14.0. The van der Waals surface area contributed by atoms with Crippen LogP contribution in [0.1, 0.15) is 18.4 Å². The number of sulfonamides is 1. The molecule has 1 saturated heterocycles. The summed E-state index contributed by atoms with van der Waals surface area (Å²) in [5.74, 6) is -0.806. The van der Waals surface area contributed by atoms with Crippen LogP contribution in [0.15, 0.2) is 58.6 Å². The van der Waals surface area contributed by atoms with Crippen molar-refractivity contribution in [2.75, 3.05) is 6.54 Å². The van der Waals surface area contributed by atoms with E-state index in [1.807, 2.05) is 0 Å². The summed E-state index contributed by atoms with van der Waals surface area (Å²) in [6, 6.07) is 7.14. The molecule has 0 spiro atoms. The Morgan fingerprint density at radius 2 is 2.21 bits per heavy atom. The number of hydrogen-bond donors (Lipinski definition) is 1. The Hall–Kier alpha value is -2.56. The number of thiophene rings is 1. The van der Waals surface area contributed by atoms with Gasteiger partial charge in [-0.1, -0.05) is 12.1 Å². The molecule has 3 heterocycles. The smallest absolute Gasteiger partial charge is 0.253 e. The van der Waals surface area contributed by atoms with Crippen molar-refractivity contribution in [2.45, 2.75) is 29.6 Å². The van der Waals surface area contributed by atoms with Crippen LogP contribution >= 0.6 is 11.3 Å². The zero-order valence-corrected chi connectivity index (χ0v) is 17.0. The maximum Gasteiger partial charge on any atom is 0.253 e. The van der Waals surface area contributed by atoms with Gasteiger partial charge in [0.25, 0.3) is 10.0 Å². The molecule has 29 heavy (non-hydrogen) atoms. The Labute approximate surface area is 171 Å². The Morgan fingerprint density at radius 3 is 2.90 bits per heavy atom. The van der Waals surface area contributed by atoms with Crippen LogP contribution < -0.4 is 5.32 Å². The van der Waals surface area contributed by atoms with E-state index in [9.17, 15) is 17.6 Å². The summed E-state index contributed by atoms with van der Waals surface area (Å²) in [6.07, 6.45) is 5.79. The highest BCUT2D eigenvalue weighted by Gasteiger charge is 2.39. The number of nitrogens with zero attached hydrogens (tertiary/aromatic N) is 3. The van der Waals surface area contributed by atoms with Gasteiger partial charge in [-0.2, -0.15) is 4.31 Å². The molecule has 0 aliphatic carbocycles. The number of hydrogen-bond acceptors (Lipinski definition) is 5. The number of imidazole rings is 1. The van der Waals surface area contributed by atoms with Gasteiger partial charge in [-0.15, -0.1) is 11.3 Å². The lowest BCUT2D eigenvalue weighted by molar-refractivity contribution is -0.124. The molecule has 10 heteroatoms. The third-order valence-electron chi connectivity index (χ3n) is 4.83. The molecule has 0 saturated carbocycles. The lowest BCUT2D eigenvalue weighted by Gasteiger charge is -2.22. The fourth-order valence-electron chi connectivity index (χ4n) is 3.39. The molecule has 1 aliphatic heterocycles. The Balaban J connectivity index is 1.44. The molecule has 2 aromatic heterocycles. The highest BCUT2D eigenvalue weighted by Crippen LogP contribution is 2.28. The van der Waals surface area contributed by atoms with Crippen molar-refractivity contribution in [1.29, 1.82) is 0 Å². The predicted molar refractivity (Wildman–Crippen MR) is 107 cm³/mol. The standard InChI is InChI=1S/C19H19FN4O3S2/c20-15-11-14(5-6-16(15)23-9-7-21-13-23)12-22-19(25)17-3-1-8-24(17)29(26,27)18-4-2-10-28-18/h2,4-7,9-11,13,17H,1,3,8,12H2,(H,22,25)/t17-/m0/s1. The van der Waals surface area contributed by atoms with E-state index < -0.39 is 21.9 Å². The topological polar surface area (TPSA) is 84.3 Å². The summed E-state index contributed by atoms with van der Waals surface area (Å²) in [4.78, 5) is 16.6. The van der Waals surface area contributed by atoms with Gasteiger partial charge >= 0.3 is 0 Å². The third-order valence-corrected chi connectivity index (χ3v) is 8.11. The molecule has 0 unspecified atom stereocenters. The monoisotopic (exact) mass is 434 g/mol. The van der Waals surface area contributed by atoms with Crippen molar-refractivity contribution in [1.82, 2.24) is 19.2 Å². The normalized spacial score (nSPS) is 17.5. The summed E-state index contributed by atoms with van der Waals surface area (Å²) >= 11 is 1.13. The molecule has 1 N–H and O–H groups in total. The first kappa shape index (κ1) is 19.7. The zero-order valence-electron chi connectivity index (χ0n) is 15.4. The van der Waals surface area contributed by atoms with Crippen LogP contribution in [0.3, 0.4) is 0 Å². The summed E-state index contributed by atoms with van der Waals surface area (Å²) in [5.41, 5.74) is 0.951. The number of carbonyl (C=O) groups excluding carboxylic acids is 1. The molecule has 3 aromatic rings. The molecule has 0 radical (unpaired) electrons. The quantitative estimate of drug-likeness (QED) is 0.646. The second kappa shape index (κ2) is 8.05. The second-order valence-corrected chi connectivity index (χ2v) is 9.74. The lowest BCUT2D eigenvalue weighted by atomic mass is 10.1. The number of amides is 1. The maximum absolute atomic E-state index is 14.4. The van der Waals surface area contributed by atoms with Gasteiger partial charge in [0.15, 0.2) is 0 Å². The molecule has 1 atom stereocenters. The van der Waals surface area contributed by atoms with E-state index in [1.165, 1.54) is 22.8 Å². The fourth-order valence-corrected chi connectivity index (χ4v) is 6.17. The van der Waals surface area contributed by atoms with E-state index in [4.69, 9.17) is 0 Å². The summed E-state index contributed by atoms with van der Waals surface area (Å²) in [6.45, 7) is 0.426. The summed E-state index contributed by atoms with van der Waals surface area (Å²) in [5, 5.41) is 4.44. The van der Waals surface area contributed by atoms with E-state index >= 15 is 0 Å². The number of nitrogens with one attached hydrogen (secondary N) is 1. The van der Waals surface area contributed by atoms with Crippen molar-refractivity contribution in [3.05, 3.63) is 65.8 Å². The Kier molecular flexibility index (Phi) is 5.48. The van der Waals surface area contributed by atoms with Crippen molar-refractivity contribution < 1.29 is 17.6 Å². The van der Waals surface area contributed by atoms with Crippen LogP contribution in [0.25, 0.3) is 5.69 Å². The average molecular weight is 435 g/mol. The van der Waals surface area contributed by atoms with Crippen molar-refractivity contribution in [3.8, 4) is 5.69 Å². The van der Waals surface area contributed by atoms with Gasteiger partial charge in [-0.25, -0.2) is 17.8 Å². The van der Waals surface area contributed by atoms with Crippen molar-refractivity contribution in [3.63, 3.8) is 0 Å². The molecule has 1 aromatic carbocycles. The first-order valence-corrected chi connectivity index (χ1v) is 11.4. The second-order valence-electron chi connectivity index (χ2n) is 6.68. The number of aromatic nitrogens is 2. The molecular weight excluding hydrogens is 415 g/mol. The van der Waals surface area contributed by atoms with Gasteiger partial charge in [0.05, 0.1) is 12.0 Å². The van der Waals surface area contributed by atoms with Crippen molar-refractivity contribution >= 4 is 27.3 Å². The number of carbonyl (C=O) groups is 1. The van der Waals surface area contributed by atoms with Gasteiger partial charge in [0.1, 0.15) is 16.1 Å². The fraction of sp³-hybridized carbons (Fsp3) is 0.263. The number of halogens is 1. The molecule has 152 valence electrons. The van der Waals surface area contributed by atoms with Crippen LogP contribution in [0.5, 0.6) is 0 Å². The summed E-state index contributed by atoms with van der Waals surface area (Å²) in [7, 11) is -3.69. The summed E-state index contributed by atoms with van der Waals surface area (Å²) < 4.78 is 43.0. The predicted octanol–water partition coefficient (Wildman–Crippen LogP) is 2.54. The minimum absolute atomic E-state index is 0.114. The van der Waals surface area contributed by atoms with Crippen LogP contribution in [0, 0.1) is 5.82 Å². The van der Waals surface area contributed by atoms with E-state index in [0.29, 0.717) is 30.6 Å². The highest BCUT2D eigenvalue weighted by atomic mass is 32.2. The van der Waals surface area contributed by atoms with Gasteiger partial charge in [0, 0.05) is 25.5 Å². The average Bonchev–Trinajstić information content (AvgIpc) is 3.48. The van der Waals surface area contributed by atoms with Gasteiger partial charge in [0.2, 0.25) is 5.91 Å². The number of rotatable bonds is 6. The van der Waals surface area contributed by atoms with Crippen LogP contribution in [0.4, 0.5) is 4.39 Å². The first-order valence-electron chi connectivity index (χ1n) is 9.06. The third kappa shape index (κ3) is 3.96. The molecular formula is C19H19FN4O3S2. The van der Waals surface area contributed by atoms with E-state index in [0.717, 1.165) is 11.3 Å². The molecule has 0 bridgehead atoms. The zero-order chi connectivity index (χ0) is 20.4. The minimum Gasteiger partial charge on any atom is -0.351 e. The Bertz CT molecular complexity index is 1100. The SMILES string of the molecule is O=C(NCc1ccc(-n2ccnc2)c(F)c1)[C@@H]1CCCN1S(=O)(=O)c1cccs1. The molecule has 4 rings (SSSR count). The largest absolute Gasteiger partial charge is 0.351 e. The van der Waals surface area contributed by atoms with Crippen molar-refractivity contribution in [2.24, 2.45) is 0 Å². The minimum atomic E-state index is -3.69. The highest BCUT2D eigenvalue weighted by molar-refractivity contribution is 7.91. The van der Waals surface area contributed by atoms with Crippen LogP contribution in [0.2, 0.25) is 0 Å². The maximum atomic E-state index is 14.4. The molecule has 1 aliphatic rings. The van der Waals surface area contributed by atoms with Crippen LogP contribution in [-0.2, 0) is 21.4 Å². The lowest BCUT2D eigenvalue weighted by Crippen LogP contribution is -2.45. The molecule has 1 amide bonds. The van der Waals surface area contributed by atoms with Crippen LogP contribution in [-0.4, -0.2) is 40.8 Å².